The summed E-state index contributed by atoms with van der Waals surface area (Å²) in [6.45, 7) is 5.85. The fourth-order valence-corrected chi connectivity index (χ4v) is 3.26. The summed E-state index contributed by atoms with van der Waals surface area (Å²) in [5, 5.41) is 36.6. The van der Waals surface area contributed by atoms with E-state index in [2.05, 4.69) is 16.0 Å². The molecule has 12 nitrogen and oxygen atoms in total. The van der Waals surface area contributed by atoms with E-state index >= 15 is 0 Å². The first-order valence-electron chi connectivity index (χ1n) is 9.87. The Hall–Kier alpha value is -3.22. The van der Waals surface area contributed by atoms with E-state index in [0.29, 0.717) is 0 Å². The van der Waals surface area contributed by atoms with Crippen molar-refractivity contribution in [3.63, 3.8) is 0 Å². The van der Waals surface area contributed by atoms with Gasteiger partial charge in [-0.1, -0.05) is 13.8 Å². The van der Waals surface area contributed by atoms with Crippen molar-refractivity contribution < 1.29 is 34.2 Å². The molecule has 0 saturated carbocycles. The Balaban J connectivity index is 1.95. The monoisotopic (exact) mass is 451 g/mol. The van der Waals surface area contributed by atoms with Gasteiger partial charge in [-0.3, -0.25) is 24.4 Å². The molecule has 1 aromatic rings. The van der Waals surface area contributed by atoms with Crippen molar-refractivity contribution in [1.29, 1.82) is 0 Å². The van der Waals surface area contributed by atoms with Crippen LogP contribution in [0.4, 0.5) is 5.69 Å². The van der Waals surface area contributed by atoms with Crippen molar-refractivity contribution in [3.8, 4) is 0 Å². The lowest BCUT2D eigenvalue weighted by Crippen LogP contribution is -2.74. The average molecular weight is 451 g/mol. The normalized spacial score (nSPS) is 20.9. The number of amides is 3. The minimum Gasteiger partial charge on any atom is -0.733 e. The molecule has 0 radical (unpaired) electrons. The van der Waals surface area contributed by atoms with Gasteiger partial charge in [-0.2, -0.15) is 0 Å². The van der Waals surface area contributed by atoms with Gasteiger partial charge in [0.2, 0.25) is 11.6 Å². The van der Waals surface area contributed by atoms with E-state index in [1.807, 2.05) is 0 Å². The number of nitrogens with zero attached hydrogens (tertiary/aromatic N) is 1. The molecule has 1 heterocycles. The second-order valence-electron chi connectivity index (χ2n) is 8.43. The Labute approximate surface area is 184 Å². The summed E-state index contributed by atoms with van der Waals surface area (Å²) in [7, 11) is 0. The second kappa shape index (κ2) is 9.51. The maximum atomic E-state index is 12.5. The van der Waals surface area contributed by atoms with Crippen molar-refractivity contribution >= 4 is 29.4 Å². The molecule has 12 heteroatoms. The topological polar surface area (TPSA) is 180 Å². The van der Waals surface area contributed by atoms with Crippen LogP contribution in [0.1, 0.15) is 44.5 Å². The van der Waals surface area contributed by atoms with Crippen LogP contribution in [0.3, 0.4) is 0 Å². The molecule has 1 aliphatic heterocycles. The van der Waals surface area contributed by atoms with Crippen LogP contribution in [-0.4, -0.2) is 57.9 Å². The number of nitrogens with one attached hydrogen (secondary N) is 3. The van der Waals surface area contributed by atoms with Crippen molar-refractivity contribution in [2.24, 2.45) is 5.92 Å². The predicted octanol–water partition coefficient (Wildman–Crippen LogP) is -0.219. The third kappa shape index (κ3) is 5.93. The largest absolute Gasteiger partial charge is 0.733 e. The number of hydrogen-bond donors (Lipinski definition) is 5. The summed E-state index contributed by atoms with van der Waals surface area (Å²) in [6, 6.07) is 3.73. The lowest BCUT2D eigenvalue weighted by atomic mass is 9.90. The Bertz CT molecular complexity index is 884. The first-order chi connectivity index (χ1) is 14.7. The minimum absolute atomic E-state index is 0.00960. The SMILES string of the molecule is CC(C)CC1(O)NC(=O)C(C(C)(C)OC(=O)CNC(=O)c2ccc(N([O-])O)cc2)NC1=O. The lowest BCUT2D eigenvalue weighted by molar-refractivity contribution is -0.172. The van der Waals surface area contributed by atoms with Gasteiger partial charge in [0.25, 0.3) is 11.8 Å². The fraction of sp³-hybridized carbons (Fsp3) is 0.500. The highest BCUT2D eigenvalue weighted by Crippen LogP contribution is 2.23. The quantitative estimate of drug-likeness (QED) is 0.264. The maximum Gasteiger partial charge on any atom is 0.326 e. The molecular weight excluding hydrogens is 424 g/mol. The van der Waals surface area contributed by atoms with Crippen molar-refractivity contribution in [3.05, 3.63) is 35.0 Å². The molecular formula is C20H27N4O8-. The summed E-state index contributed by atoms with van der Waals surface area (Å²) in [6.07, 6.45) is 0.00960. The maximum absolute atomic E-state index is 12.5. The van der Waals surface area contributed by atoms with Gasteiger partial charge in [-0.25, -0.2) is 0 Å². The zero-order valence-electron chi connectivity index (χ0n) is 18.2. The number of aliphatic hydroxyl groups is 1. The van der Waals surface area contributed by atoms with E-state index in [0.717, 1.165) is 0 Å². The number of carbonyl (C=O) groups is 4. The number of hydrogen-bond acceptors (Lipinski definition) is 9. The van der Waals surface area contributed by atoms with Crippen molar-refractivity contribution in [2.75, 3.05) is 11.8 Å². The molecule has 0 bridgehead atoms. The molecule has 1 fully saturated rings. The molecule has 2 unspecified atom stereocenters. The molecule has 5 N–H and O–H groups in total. The molecule has 32 heavy (non-hydrogen) atoms. The van der Waals surface area contributed by atoms with Gasteiger partial charge in [0.1, 0.15) is 18.2 Å². The van der Waals surface area contributed by atoms with Crippen molar-refractivity contribution in [2.45, 2.75) is 51.5 Å². The highest BCUT2D eigenvalue weighted by molar-refractivity contribution is 5.99. The van der Waals surface area contributed by atoms with Gasteiger partial charge in [-0.15, -0.1) is 0 Å². The molecule has 0 aromatic heterocycles. The molecule has 1 saturated heterocycles. The highest BCUT2D eigenvalue weighted by atomic mass is 16.8. The van der Waals surface area contributed by atoms with Gasteiger partial charge in [0.05, 0.1) is 5.69 Å². The van der Waals surface area contributed by atoms with E-state index in [1.165, 1.54) is 38.1 Å². The number of carbonyl (C=O) groups excluding carboxylic acids is 4. The standard InChI is InChI=1S/C20H27N4O8/c1-11(2)9-20(29)18(28)22-15(17(27)23-20)19(3,4)32-14(25)10-21-16(26)12-5-7-13(8-6-12)24(30)31/h5-8,11,15,29-30H,9-10H2,1-4H3,(H,21,26)(H,22,28)(H,23,27)/q-1. The van der Waals surface area contributed by atoms with Crippen LogP contribution < -0.4 is 21.2 Å². The van der Waals surface area contributed by atoms with Crippen LogP contribution in [0.25, 0.3) is 0 Å². The van der Waals surface area contributed by atoms with Gasteiger partial charge < -0.3 is 36.2 Å². The zero-order valence-corrected chi connectivity index (χ0v) is 18.2. The Kier molecular flexibility index (Phi) is 7.44. The molecule has 0 spiro atoms. The molecule has 0 aliphatic carbocycles. The van der Waals surface area contributed by atoms with Crippen LogP contribution in [0.2, 0.25) is 0 Å². The van der Waals surface area contributed by atoms with E-state index < -0.39 is 47.6 Å². The number of piperazine rings is 1. The van der Waals surface area contributed by atoms with E-state index in [1.54, 1.807) is 13.8 Å². The molecule has 2 rings (SSSR count). The average Bonchev–Trinajstić information content (AvgIpc) is 2.67. The third-order valence-corrected chi connectivity index (χ3v) is 4.76. The number of esters is 1. The Morgan fingerprint density at radius 1 is 1.28 bits per heavy atom. The van der Waals surface area contributed by atoms with E-state index in [9.17, 15) is 29.5 Å². The Morgan fingerprint density at radius 2 is 1.88 bits per heavy atom. The number of rotatable bonds is 8. The van der Waals surface area contributed by atoms with Crippen LogP contribution in [0, 0.1) is 11.1 Å². The minimum atomic E-state index is -2.05. The van der Waals surface area contributed by atoms with Gasteiger partial charge in [0.15, 0.2) is 0 Å². The number of anilines is 1. The zero-order chi connectivity index (χ0) is 24.3. The molecule has 2 atom stereocenters. The summed E-state index contributed by atoms with van der Waals surface area (Å²) in [4.78, 5) is 49.2. The number of ether oxygens (including phenoxy) is 1. The Morgan fingerprint density at radius 3 is 2.41 bits per heavy atom. The first-order valence-corrected chi connectivity index (χ1v) is 9.87. The van der Waals surface area contributed by atoms with E-state index in [4.69, 9.17) is 9.94 Å². The summed E-state index contributed by atoms with van der Waals surface area (Å²) < 4.78 is 5.29. The van der Waals surface area contributed by atoms with Crippen LogP contribution in [0.15, 0.2) is 24.3 Å². The van der Waals surface area contributed by atoms with Crippen LogP contribution >= 0.6 is 0 Å². The third-order valence-electron chi connectivity index (χ3n) is 4.76. The number of benzene rings is 1. The highest BCUT2D eigenvalue weighted by Gasteiger charge is 2.51. The summed E-state index contributed by atoms with van der Waals surface area (Å²) in [5.41, 5.74) is -3.48. The fourth-order valence-electron chi connectivity index (χ4n) is 3.26. The predicted molar refractivity (Wildman–Crippen MR) is 111 cm³/mol. The van der Waals surface area contributed by atoms with Gasteiger partial charge in [0, 0.05) is 12.0 Å². The van der Waals surface area contributed by atoms with Crippen molar-refractivity contribution in [1.82, 2.24) is 16.0 Å². The van der Waals surface area contributed by atoms with Crippen LogP contribution in [-0.2, 0) is 19.1 Å². The summed E-state index contributed by atoms with van der Waals surface area (Å²) in [5.74, 6) is -3.10. The van der Waals surface area contributed by atoms with Gasteiger partial charge >= 0.3 is 5.97 Å². The smallest absolute Gasteiger partial charge is 0.326 e. The summed E-state index contributed by atoms with van der Waals surface area (Å²) >= 11 is 0. The lowest BCUT2D eigenvalue weighted by Gasteiger charge is -2.42. The molecule has 1 aromatic carbocycles. The molecule has 176 valence electrons. The van der Waals surface area contributed by atoms with Gasteiger partial charge in [-0.05, 0) is 44.0 Å². The van der Waals surface area contributed by atoms with Crippen LogP contribution in [0.5, 0.6) is 0 Å². The molecule has 3 amide bonds. The molecule has 1 aliphatic rings. The van der Waals surface area contributed by atoms with E-state index in [-0.39, 0.29) is 28.8 Å². The first kappa shape index (κ1) is 25.0. The second-order valence-corrected chi connectivity index (χ2v) is 8.43.